The molecule has 386 valence electrons. The molecule has 1 atom stereocenters. The molecule has 0 aromatic carbocycles. The number of carbonyl (C=O) groups excluding carboxylic acids is 2. The van der Waals surface area contributed by atoms with E-state index in [4.69, 9.17) is 9.47 Å². The van der Waals surface area contributed by atoms with Crippen LogP contribution in [0.3, 0.4) is 0 Å². The Hall–Kier alpha value is -4.48. The SMILES string of the molecule is CC/C=C\C/C=C\C/C=C\C/C=C\C/C=C\C/C=C\C/C=C\C/C=C\C/C=C\C/C=C\C/C=C\C/C=C\CCCCC(=O)OC(CO)COC(=O)CCCCCCC/C=C\CCCCCCCCC. The molecule has 0 radical (unpaired) electrons. The van der Waals surface area contributed by atoms with Gasteiger partial charge in [0.05, 0.1) is 6.61 Å². The van der Waals surface area contributed by atoms with Crippen molar-refractivity contribution in [2.75, 3.05) is 13.2 Å². The minimum absolute atomic E-state index is 0.0973. The highest BCUT2D eigenvalue weighted by atomic mass is 16.6. The summed E-state index contributed by atoms with van der Waals surface area (Å²) in [5, 5.41) is 9.62. The smallest absolute Gasteiger partial charge is 0.306 e. The number of hydrogen-bond donors (Lipinski definition) is 1. The molecule has 5 nitrogen and oxygen atoms in total. The quantitative estimate of drug-likeness (QED) is 0.0374. The first-order valence-corrected chi connectivity index (χ1v) is 27.5. The molecule has 1 N–H and O–H groups in total. The standard InChI is InChI=1S/C64H100O5/c1-3-5-7-9-11-13-15-17-19-21-22-23-24-25-26-27-28-29-30-31-32-33-34-35-36-37-38-39-40-41-42-43-45-47-49-51-53-55-57-59-64(67)69-62(60-65)61-68-63(66)58-56-54-52-50-48-46-44-20-18-16-14-12-10-8-6-4-2/h5,7,11,13,17,19-20,22-23,25-26,28-29,31-32,34-35,37-38,40-41,43-45,49,51,62,65H,3-4,6,8-10,12,14-16,18,21,24,27,30,33,36,39,42,46-48,50,52-61H2,1-2H3/b7-5-,13-11-,19-17-,23-22-,26-25-,29-28-,32-31-,35-34-,38-37-,41-40-,44-20-,45-43-,51-49-. The summed E-state index contributed by atoms with van der Waals surface area (Å²) in [5.74, 6) is -0.663. The number of allylic oxidation sites excluding steroid dienone is 26. The molecule has 0 aliphatic rings. The van der Waals surface area contributed by atoms with E-state index < -0.39 is 6.10 Å². The van der Waals surface area contributed by atoms with Crippen LogP contribution < -0.4 is 0 Å². The molecular weight excluding hydrogens is 849 g/mol. The van der Waals surface area contributed by atoms with Gasteiger partial charge in [0, 0.05) is 12.8 Å². The highest BCUT2D eigenvalue weighted by Crippen LogP contribution is 2.12. The third-order valence-corrected chi connectivity index (χ3v) is 11.1. The predicted molar refractivity (Wildman–Crippen MR) is 301 cm³/mol. The van der Waals surface area contributed by atoms with E-state index in [9.17, 15) is 14.7 Å². The average Bonchev–Trinajstić information content (AvgIpc) is 3.35. The molecule has 0 aliphatic carbocycles. The molecule has 0 amide bonds. The van der Waals surface area contributed by atoms with Gasteiger partial charge in [-0.2, -0.15) is 0 Å². The number of ether oxygens (including phenoxy) is 2. The second kappa shape index (κ2) is 57.8. The molecule has 0 aromatic rings. The Bertz CT molecular complexity index is 1540. The van der Waals surface area contributed by atoms with Gasteiger partial charge < -0.3 is 14.6 Å². The van der Waals surface area contributed by atoms with Crippen molar-refractivity contribution < 1.29 is 24.2 Å². The van der Waals surface area contributed by atoms with Gasteiger partial charge in [-0.15, -0.1) is 0 Å². The maximum absolute atomic E-state index is 12.3. The topological polar surface area (TPSA) is 72.8 Å². The van der Waals surface area contributed by atoms with Crippen molar-refractivity contribution in [3.8, 4) is 0 Å². The summed E-state index contributed by atoms with van der Waals surface area (Å²) in [7, 11) is 0. The Morgan fingerprint density at radius 3 is 0.986 bits per heavy atom. The molecule has 0 aliphatic heterocycles. The molecule has 0 rings (SSSR count). The zero-order chi connectivity index (χ0) is 49.9. The molecule has 0 saturated carbocycles. The summed E-state index contributed by atoms with van der Waals surface area (Å²) in [6.07, 6.45) is 89.2. The Balaban J connectivity index is 3.72. The van der Waals surface area contributed by atoms with Crippen molar-refractivity contribution in [1.29, 1.82) is 0 Å². The van der Waals surface area contributed by atoms with Crippen molar-refractivity contribution in [2.45, 2.75) is 219 Å². The lowest BCUT2D eigenvalue weighted by atomic mass is 10.1. The van der Waals surface area contributed by atoms with Gasteiger partial charge in [0.15, 0.2) is 6.10 Å². The molecule has 0 saturated heterocycles. The molecule has 1 unspecified atom stereocenters. The van der Waals surface area contributed by atoms with E-state index in [2.05, 4.69) is 172 Å². The maximum atomic E-state index is 12.3. The lowest BCUT2D eigenvalue weighted by molar-refractivity contribution is -0.161. The second-order valence-electron chi connectivity index (χ2n) is 17.6. The molecule has 0 bridgehead atoms. The van der Waals surface area contributed by atoms with Gasteiger partial charge in [-0.1, -0.05) is 230 Å². The van der Waals surface area contributed by atoms with Crippen LogP contribution in [0.15, 0.2) is 158 Å². The summed E-state index contributed by atoms with van der Waals surface area (Å²) >= 11 is 0. The summed E-state index contributed by atoms with van der Waals surface area (Å²) in [6, 6.07) is 0. The molecule has 0 aromatic heterocycles. The second-order valence-corrected chi connectivity index (χ2v) is 17.6. The monoisotopic (exact) mass is 949 g/mol. The van der Waals surface area contributed by atoms with Gasteiger partial charge >= 0.3 is 11.9 Å². The number of aliphatic hydroxyl groups excluding tert-OH is 1. The van der Waals surface area contributed by atoms with Crippen LogP contribution >= 0.6 is 0 Å². The normalized spacial score (nSPS) is 13.5. The van der Waals surface area contributed by atoms with Crippen molar-refractivity contribution in [3.05, 3.63) is 158 Å². The molecule has 0 fully saturated rings. The van der Waals surface area contributed by atoms with Crippen molar-refractivity contribution in [1.82, 2.24) is 0 Å². The van der Waals surface area contributed by atoms with Crippen LogP contribution in [0.1, 0.15) is 213 Å². The maximum Gasteiger partial charge on any atom is 0.306 e. The number of carbonyl (C=O) groups is 2. The average molecular weight is 949 g/mol. The highest BCUT2D eigenvalue weighted by Gasteiger charge is 2.16. The van der Waals surface area contributed by atoms with Gasteiger partial charge in [0.1, 0.15) is 6.61 Å². The summed E-state index contributed by atoms with van der Waals surface area (Å²) < 4.78 is 10.6. The first-order chi connectivity index (χ1) is 34.1. The van der Waals surface area contributed by atoms with Gasteiger partial charge in [0.2, 0.25) is 0 Å². The van der Waals surface area contributed by atoms with E-state index in [-0.39, 0.29) is 31.6 Å². The fourth-order valence-electron chi connectivity index (χ4n) is 6.94. The molecule has 0 spiro atoms. The number of rotatable bonds is 48. The lowest BCUT2D eigenvalue weighted by Crippen LogP contribution is -2.28. The fraction of sp³-hybridized carbons (Fsp3) is 0.562. The minimum Gasteiger partial charge on any atom is -0.462 e. The van der Waals surface area contributed by atoms with Gasteiger partial charge in [-0.05, 0) is 128 Å². The Kier molecular flexibility index (Phi) is 54.1. The van der Waals surface area contributed by atoms with Crippen LogP contribution in [0.25, 0.3) is 0 Å². The van der Waals surface area contributed by atoms with Crippen LogP contribution in [-0.4, -0.2) is 36.4 Å². The van der Waals surface area contributed by atoms with Crippen molar-refractivity contribution in [2.24, 2.45) is 0 Å². The summed E-state index contributed by atoms with van der Waals surface area (Å²) in [6.45, 7) is 3.97. The zero-order valence-corrected chi connectivity index (χ0v) is 44.0. The third-order valence-electron chi connectivity index (χ3n) is 11.1. The Labute approximate surface area is 424 Å². The zero-order valence-electron chi connectivity index (χ0n) is 44.0. The number of esters is 2. The number of hydrogen-bond acceptors (Lipinski definition) is 5. The number of aliphatic hydroxyl groups is 1. The van der Waals surface area contributed by atoms with E-state index in [0.29, 0.717) is 12.8 Å². The summed E-state index contributed by atoms with van der Waals surface area (Å²) in [5.41, 5.74) is 0. The van der Waals surface area contributed by atoms with Gasteiger partial charge in [-0.25, -0.2) is 0 Å². The molecule has 69 heavy (non-hydrogen) atoms. The van der Waals surface area contributed by atoms with Crippen molar-refractivity contribution >= 4 is 11.9 Å². The molecular formula is C64H100O5. The van der Waals surface area contributed by atoms with Gasteiger partial charge in [0.25, 0.3) is 0 Å². The molecule has 5 heteroatoms. The first-order valence-electron chi connectivity index (χ1n) is 27.5. The first kappa shape index (κ1) is 64.5. The van der Waals surface area contributed by atoms with Crippen LogP contribution in [0.5, 0.6) is 0 Å². The van der Waals surface area contributed by atoms with E-state index in [1.54, 1.807) is 0 Å². The predicted octanol–water partition coefficient (Wildman–Crippen LogP) is 18.8. The highest BCUT2D eigenvalue weighted by molar-refractivity contribution is 5.70. The fourth-order valence-corrected chi connectivity index (χ4v) is 6.94. The number of unbranched alkanes of at least 4 members (excludes halogenated alkanes) is 14. The lowest BCUT2D eigenvalue weighted by Gasteiger charge is -2.15. The third kappa shape index (κ3) is 56.0. The van der Waals surface area contributed by atoms with E-state index in [1.165, 1.54) is 64.2 Å². The van der Waals surface area contributed by atoms with E-state index in [1.807, 2.05) is 0 Å². The van der Waals surface area contributed by atoms with Crippen LogP contribution in [0.2, 0.25) is 0 Å². The van der Waals surface area contributed by atoms with Crippen LogP contribution in [0, 0.1) is 0 Å². The Morgan fingerprint density at radius 1 is 0.348 bits per heavy atom. The van der Waals surface area contributed by atoms with Crippen LogP contribution in [0.4, 0.5) is 0 Å². The van der Waals surface area contributed by atoms with Crippen LogP contribution in [-0.2, 0) is 19.1 Å². The largest absolute Gasteiger partial charge is 0.462 e. The van der Waals surface area contributed by atoms with E-state index in [0.717, 1.165) is 116 Å². The molecule has 0 heterocycles. The van der Waals surface area contributed by atoms with Gasteiger partial charge in [-0.3, -0.25) is 9.59 Å². The minimum atomic E-state index is -0.810. The van der Waals surface area contributed by atoms with E-state index >= 15 is 0 Å². The van der Waals surface area contributed by atoms with Crippen molar-refractivity contribution in [3.63, 3.8) is 0 Å². The summed E-state index contributed by atoms with van der Waals surface area (Å²) in [4.78, 5) is 24.4. The Morgan fingerprint density at radius 2 is 0.623 bits per heavy atom.